The van der Waals surface area contributed by atoms with Crippen LogP contribution in [0.5, 0.6) is 0 Å². The molecule has 0 aliphatic heterocycles. The first-order valence-electron chi connectivity index (χ1n) is 3.55. The molecule has 64 valence electrons. The molecule has 0 atom stereocenters. The van der Waals surface area contributed by atoms with Gasteiger partial charge in [-0.05, 0) is 11.6 Å². The average molecular weight is 174 g/mol. The second-order valence-electron chi connectivity index (χ2n) is 2.30. The molecule has 1 rings (SSSR count). The lowest BCUT2D eigenvalue weighted by Gasteiger charge is -1.92. The molecular formula is C9H6N2O2. The van der Waals surface area contributed by atoms with Crippen molar-refractivity contribution in [2.45, 2.75) is 0 Å². The molecule has 0 spiro atoms. The van der Waals surface area contributed by atoms with E-state index in [-0.39, 0.29) is 0 Å². The molecule has 13 heavy (non-hydrogen) atoms. The molecule has 0 N–H and O–H groups in total. The van der Waals surface area contributed by atoms with Crippen LogP contribution < -0.4 is 0 Å². The normalized spacial score (nSPS) is 9.77. The van der Waals surface area contributed by atoms with Gasteiger partial charge in [0.1, 0.15) is 0 Å². The van der Waals surface area contributed by atoms with Gasteiger partial charge in [-0.3, -0.25) is 10.1 Å². The largest absolute Gasteiger partial charge is 0.259 e. The molecule has 0 heterocycles. The van der Waals surface area contributed by atoms with Crippen LogP contribution in [-0.2, 0) is 0 Å². The molecule has 1 aromatic carbocycles. The molecule has 1 aromatic rings. The zero-order chi connectivity index (χ0) is 9.68. The van der Waals surface area contributed by atoms with E-state index in [1.54, 1.807) is 24.3 Å². The Balaban J connectivity index is 3.02. The molecule has 0 aliphatic carbocycles. The second-order valence-corrected chi connectivity index (χ2v) is 2.30. The summed E-state index contributed by atoms with van der Waals surface area (Å²) in [7, 11) is 0. The number of benzene rings is 1. The fourth-order valence-corrected chi connectivity index (χ4v) is 0.885. The summed E-state index contributed by atoms with van der Waals surface area (Å²) in [5.41, 5.74) is 0.988. The molecule has 0 unspecified atom stereocenters. The van der Waals surface area contributed by atoms with Gasteiger partial charge in [0, 0.05) is 6.08 Å². The molecule has 0 saturated carbocycles. The Hall–Kier alpha value is -2.15. The fraction of sp³-hybridized carbons (Fsp3) is 0. The molecular weight excluding hydrogens is 168 g/mol. The monoisotopic (exact) mass is 174 g/mol. The van der Waals surface area contributed by atoms with Crippen molar-refractivity contribution in [2.75, 3.05) is 0 Å². The smallest absolute Gasteiger partial charge is 0.235 e. The summed E-state index contributed by atoms with van der Waals surface area (Å²) in [6.45, 7) is 0. The van der Waals surface area contributed by atoms with Gasteiger partial charge in [0.2, 0.25) is 6.20 Å². The first-order valence-corrected chi connectivity index (χ1v) is 3.55. The number of hydrogen-bond donors (Lipinski definition) is 0. The summed E-state index contributed by atoms with van der Waals surface area (Å²) in [4.78, 5) is 9.45. The third-order valence-corrected chi connectivity index (χ3v) is 1.46. The standard InChI is InChI=1S/C9H6N2O2/c10-7-9-4-2-1-3-8(9)5-6-11(12)13/h1-6H/b6-5+. The van der Waals surface area contributed by atoms with Crippen LogP contribution in [0.25, 0.3) is 6.08 Å². The Morgan fingerprint density at radius 3 is 2.77 bits per heavy atom. The highest BCUT2D eigenvalue weighted by Gasteiger charge is 1.97. The molecule has 4 nitrogen and oxygen atoms in total. The van der Waals surface area contributed by atoms with Crippen molar-refractivity contribution in [1.29, 1.82) is 5.26 Å². The van der Waals surface area contributed by atoms with Crippen molar-refractivity contribution in [3.63, 3.8) is 0 Å². The second kappa shape index (κ2) is 4.02. The SMILES string of the molecule is N#Cc1ccccc1/C=C/[N+](=O)[O-]. The van der Waals surface area contributed by atoms with E-state index in [0.29, 0.717) is 11.1 Å². The third-order valence-electron chi connectivity index (χ3n) is 1.46. The quantitative estimate of drug-likeness (QED) is 0.507. The van der Waals surface area contributed by atoms with E-state index >= 15 is 0 Å². The average Bonchev–Trinajstić information content (AvgIpc) is 2.15. The minimum absolute atomic E-state index is 0.431. The highest BCUT2D eigenvalue weighted by Crippen LogP contribution is 2.08. The molecule has 0 aliphatic rings. The maximum absolute atomic E-state index is 10.0. The van der Waals surface area contributed by atoms with Crippen LogP contribution >= 0.6 is 0 Å². The highest BCUT2D eigenvalue weighted by molar-refractivity contribution is 5.56. The molecule has 0 radical (unpaired) electrons. The summed E-state index contributed by atoms with van der Waals surface area (Å²) >= 11 is 0. The number of hydrogen-bond acceptors (Lipinski definition) is 3. The van der Waals surface area contributed by atoms with Crippen LogP contribution in [0.3, 0.4) is 0 Å². The van der Waals surface area contributed by atoms with E-state index in [1.165, 1.54) is 6.08 Å². The molecule has 0 bridgehead atoms. The summed E-state index contributed by atoms with van der Waals surface area (Å²) < 4.78 is 0. The van der Waals surface area contributed by atoms with E-state index in [0.717, 1.165) is 6.20 Å². The van der Waals surface area contributed by atoms with Gasteiger partial charge in [0.15, 0.2) is 0 Å². The van der Waals surface area contributed by atoms with Crippen molar-refractivity contribution < 1.29 is 4.92 Å². The van der Waals surface area contributed by atoms with Crippen LogP contribution in [0, 0.1) is 21.4 Å². The van der Waals surface area contributed by atoms with E-state index in [1.807, 2.05) is 6.07 Å². The Morgan fingerprint density at radius 2 is 2.15 bits per heavy atom. The summed E-state index contributed by atoms with van der Waals surface area (Å²) in [5, 5.41) is 18.6. The van der Waals surface area contributed by atoms with Crippen LogP contribution in [0.2, 0.25) is 0 Å². The van der Waals surface area contributed by atoms with Crippen LogP contribution in [0.4, 0.5) is 0 Å². The first kappa shape index (κ1) is 8.94. The van der Waals surface area contributed by atoms with Crippen molar-refractivity contribution in [2.24, 2.45) is 0 Å². The highest BCUT2D eigenvalue weighted by atomic mass is 16.6. The fourth-order valence-electron chi connectivity index (χ4n) is 0.885. The van der Waals surface area contributed by atoms with E-state index in [4.69, 9.17) is 5.26 Å². The molecule has 0 fully saturated rings. The Labute approximate surface area is 74.9 Å². The number of nitriles is 1. The lowest BCUT2D eigenvalue weighted by Crippen LogP contribution is -1.84. The van der Waals surface area contributed by atoms with Gasteiger partial charge in [-0.2, -0.15) is 5.26 Å². The minimum Gasteiger partial charge on any atom is -0.259 e. The van der Waals surface area contributed by atoms with E-state index < -0.39 is 4.92 Å². The van der Waals surface area contributed by atoms with Crippen molar-refractivity contribution in [3.8, 4) is 6.07 Å². The predicted octanol–water partition coefficient (Wildman–Crippen LogP) is 1.81. The Morgan fingerprint density at radius 1 is 1.46 bits per heavy atom. The molecule has 4 heteroatoms. The number of rotatable bonds is 2. The molecule has 0 saturated heterocycles. The maximum atomic E-state index is 10.0. The van der Waals surface area contributed by atoms with Gasteiger partial charge in [-0.1, -0.05) is 18.2 Å². The maximum Gasteiger partial charge on any atom is 0.235 e. The van der Waals surface area contributed by atoms with Gasteiger partial charge in [-0.25, -0.2) is 0 Å². The van der Waals surface area contributed by atoms with Gasteiger partial charge < -0.3 is 0 Å². The van der Waals surface area contributed by atoms with E-state index in [2.05, 4.69) is 0 Å². The molecule has 0 amide bonds. The topological polar surface area (TPSA) is 66.9 Å². The van der Waals surface area contributed by atoms with Gasteiger partial charge >= 0.3 is 0 Å². The van der Waals surface area contributed by atoms with Gasteiger partial charge in [-0.15, -0.1) is 0 Å². The van der Waals surface area contributed by atoms with Gasteiger partial charge in [0.25, 0.3) is 0 Å². The van der Waals surface area contributed by atoms with Gasteiger partial charge in [0.05, 0.1) is 16.6 Å². The summed E-state index contributed by atoms with van der Waals surface area (Å²) in [6, 6.07) is 8.64. The van der Waals surface area contributed by atoms with Crippen molar-refractivity contribution in [1.82, 2.24) is 0 Å². The van der Waals surface area contributed by atoms with Crippen LogP contribution in [0.1, 0.15) is 11.1 Å². The van der Waals surface area contributed by atoms with Crippen molar-refractivity contribution in [3.05, 3.63) is 51.7 Å². The first-order chi connectivity index (χ1) is 6.24. The zero-order valence-corrected chi connectivity index (χ0v) is 6.68. The third kappa shape index (κ3) is 2.42. The number of nitrogens with zero attached hydrogens (tertiary/aromatic N) is 2. The lowest BCUT2D eigenvalue weighted by atomic mass is 10.1. The van der Waals surface area contributed by atoms with Crippen molar-refractivity contribution >= 4 is 6.08 Å². The molecule has 0 aromatic heterocycles. The number of nitro groups is 1. The summed E-state index contributed by atoms with van der Waals surface area (Å²) in [6.07, 6.45) is 2.12. The summed E-state index contributed by atoms with van der Waals surface area (Å²) in [5.74, 6) is 0. The zero-order valence-electron chi connectivity index (χ0n) is 6.68. The van der Waals surface area contributed by atoms with Crippen LogP contribution in [-0.4, -0.2) is 4.92 Å². The van der Waals surface area contributed by atoms with E-state index in [9.17, 15) is 10.1 Å². The minimum atomic E-state index is -0.561. The van der Waals surface area contributed by atoms with Crippen LogP contribution in [0.15, 0.2) is 30.5 Å². The lowest BCUT2D eigenvalue weighted by molar-refractivity contribution is -0.400. The Kier molecular flexibility index (Phi) is 2.77. The predicted molar refractivity (Wildman–Crippen MR) is 47.2 cm³/mol. The Bertz CT molecular complexity index is 391.